The van der Waals surface area contributed by atoms with Gasteiger partial charge in [0, 0.05) is 11.5 Å². The lowest BCUT2D eigenvalue weighted by Crippen LogP contribution is -2.12. The van der Waals surface area contributed by atoms with Gasteiger partial charge in [0.2, 0.25) is 5.76 Å². The van der Waals surface area contributed by atoms with Crippen LogP contribution >= 0.6 is 0 Å². The van der Waals surface area contributed by atoms with Gasteiger partial charge in [-0.15, -0.1) is 0 Å². The standard InChI is InChI=1S/C8H12N2O2/c1-8(2,3)6-4-5(7(9)11)12-10-6/h4H,1-3H3,(H2,9,11). The predicted molar refractivity (Wildman–Crippen MR) is 43.7 cm³/mol. The number of nitrogens with zero attached hydrogens (tertiary/aromatic N) is 1. The molecule has 0 bridgehead atoms. The lowest BCUT2D eigenvalue weighted by Gasteiger charge is -2.12. The summed E-state index contributed by atoms with van der Waals surface area (Å²) in [6.07, 6.45) is 0. The van der Waals surface area contributed by atoms with Crippen LogP contribution in [-0.4, -0.2) is 11.1 Å². The zero-order valence-electron chi connectivity index (χ0n) is 7.42. The first kappa shape index (κ1) is 8.77. The van der Waals surface area contributed by atoms with Crippen molar-refractivity contribution in [3.05, 3.63) is 17.5 Å². The Balaban J connectivity index is 3.00. The summed E-state index contributed by atoms with van der Waals surface area (Å²) in [4.78, 5) is 10.6. The van der Waals surface area contributed by atoms with Gasteiger partial charge in [-0.25, -0.2) is 0 Å². The third-order valence-electron chi connectivity index (χ3n) is 1.52. The Morgan fingerprint density at radius 2 is 2.17 bits per heavy atom. The van der Waals surface area contributed by atoms with E-state index < -0.39 is 5.91 Å². The van der Waals surface area contributed by atoms with Crippen LogP contribution in [0.1, 0.15) is 37.0 Å². The quantitative estimate of drug-likeness (QED) is 0.681. The molecular formula is C8H12N2O2. The molecule has 0 unspecified atom stereocenters. The molecule has 0 saturated carbocycles. The van der Waals surface area contributed by atoms with Crippen LogP contribution < -0.4 is 5.73 Å². The van der Waals surface area contributed by atoms with Crippen molar-refractivity contribution in [1.82, 2.24) is 5.16 Å². The molecule has 0 atom stereocenters. The lowest BCUT2D eigenvalue weighted by molar-refractivity contribution is 0.0964. The Kier molecular flexibility index (Phi) is 1.92. The Morgan fingerprint density at radius 3 is 2.42 bits per heavy atom. The molecule has 0 aliphatic heterocycles. The van der Waals surface area contributed by atoms with Crippen molar-refractivity contribution < 1.29 is 9.32 Å². The van der Waals surface area contributed by atoms with Crippen molar-refractivity contribution in [2.75, 3.05) is 0 Å². The molecule has 1 rings (SSSR count). The van der Waals surface area contributed by atoms with Crippen molar-refractivity contribution in [2.45, 2.75) is 26.2 Å². The second-order valence-electron chi connectivity index (χ2n) is 3.69. The molecule has 2 N–H and O–H groups in total. The first-order valence-corrected chi connectivity index (χ1v) is 3.68. The SMILES string of the molecule is CC(C)(C)c1cc(C(N)=O)on1. The van der Waals surface area contributed by atoms with Gasteiger partial charge in [0.15, 0.2) is 0 Å². The minimum absolute atomic E-state index is 0.111. The van der Waals surface area contributed by atoms with E-state index in [0.717, 1.165) is 5.69 Å². The number of amides is 1. The predicted octanol–water partition coefficient (Wildman–Crippen LogP) is 1.07. The van der Waals surface area contributed by atoms with Gasteiger partial charge in [-0.3, -0.25) is 4.79 Å². The van der Waals surface area contributed by atoms with E-state index in [1.165, 1.54) is 0 Å². The fourth-order valence-corrected chi connectivity index (χ4v) is 0.745. The minimum Gasteiger partial charge on any atom is -0.363 e. The summed E-state index contributed by atoms with van der Waals surface area (Å²) in [7, 11) is 0. The fourth-order valence-electron chi connectivity index (χ4n) is 0.745. The summed E-state index contributed by atoms with van der Waals surface area (Å²) >= 11 is 0. The molecule has 0 aliphatic carbocycles. The summed E-state index contributed by atoms with van der Waals surface area (Å²) in [6.45, 7) is 5.95. The molecule has 12 heavy (non-hydrogen) atoms. The average molecular weight is 168 g/mol. The first-order chi connectivity index (χ1) is 5.41. The fraction of sp³-hybridized carbons (Fsp3) is 0.500. The van der Waals surface area contributed by atoms with E-state index in [0.29, 0.717) is 0 Å². The van der Waals surface area contributed by atoms with E-state index >= 15 is 0 Å². The molecule has 66 valence electrons. The third-order valence-corrected chi connectivity index (χ3v) is 1.52. The van der Waals surface area contributed by atoms with Crippen LogP contribution in [0, 0.1) is 0 Å². The Bertz CT molecular complexity index is 296. The van der Waals surface area contributed by atoms with E-state index in [1.807, 2.05) is 20.8 Å². The molecule has 4 heteroatoms. The highest BCUT2D eigenvalue weighted by molar-refractivity contribution is 5.89. The maximum atomic E-state index is 10.6. The molecule has 1 amide bonds. The smallest absolute Gasteiger partial charge is 0.287 e. The van der Waals surface area contributed by atoms with Gasteiger partial charge in [-0.2, -0.15) is 0 Å². The van der Waals surface area contributed by atoms with Crippen LogP contribution in [0.3, 0.4) is 0 Å². The molecule has 0 aromatic carbocycles. The second kappa shape index (κ2) is 2.62. The van der Waals surface area contributed by atoms with Gasteiger partial charge < -0.3 is 10.3 Å². The summed E-state index contributed by atoms with van der Waals surface area (Å²) < 4.78 is 4.73. The van der Waals surface area contributed by atoms with Gasteiger partial charge in [0.1, 0.15) is 0 Å². The van der Waals surface area contributed by atoms with Crippen molar-refractivity contribution in [3.63, 3.8) is 0 Å². The molecule has 1 aromatic rings. The van der Waals surface area contributed by atoms with Crippen molar-refractivity contribution in [1.29, 1.82) is 0 Å². The maximum Gasteiger partial charge on any atom is 0.287 e. The molecule has 4 nitrogen and oxygen atoms in total. The van der Waals surface area contributed by atoms with E-state index in [9.17, 15) is 4.79 Å². The molecule has 1 aromatic heterocycles. The maximum absolute atomic E-state index is 10.6. The Labute approximate surface area is 70.7 Å². The van der Waals surface area contributed by atoms with Gasteiger partial charge in [-0.05, 0) is 0 Å². The van der Waals surface area contributed by atoms with Crippen LogP contribution in [0.15, 0.2) is 10.6 Å². The van der Waals surface area contributed by atoms with Crippen molar-refractivity contribution in [2.24, 2.45) is 5.73 Å². The first-order valence-electron chi connectivity index (χ1n) is 3.68. The highest BCUT2D eigenvalue weighted by atomic mass is 16.5. The number of rotatable bonds is 1. The van der Waals surface area contributed by atoms with Crippen LogP contribution in [0.25, 0.3) is 0 Å². The second-order valence-corrected chi connectivity index (χ2v) is 3.69. The largest absolute Gasteiger partial charge is 0.363 e. The molecule has 0 fully saturated rings. The number of carbonyl (C=O) groups excluding carboxylic acids is 1. The molecule has 0 saturated heterocycles. The number of nitrogens with two attached hydrogens (primary N) is 1. The average Bonchev–Trinajstić information content (AvgIpc) is 2.30. The van der Waals surface area contributed by atoms with E-state index in [2.05, 4.69) is 5.16 Å². The van der Waals surface area contributed by atoms with Crippen LogP contribution in [-0.2, 0) is 5.41 Å². The van der Waals surface area contributed by atoms with Crippen LogP contribution in [0.5, 0.6) is 0 Å². The lowest BCUT2D eigenvalue weighted by atomic mass is 9.92. The van der Waals surface area contributed by atoms with Gasteiger partial charge in [-0.1, -0.05) is 25.9 Å². The normalized spacial score (nSPS) is 11.6. The van der Waals surface area contributed by atoms with E-state index in [-0.39, 0.29) is 11.2 Å². The summed E-state index contributed by atoms with van der Waals surface area (Å²) in [5.74, 6) is -0.474. The minimum atomic E-state index is -0.585. The Morgan fingerprint density at radius 1 is 1.58 bits per heavy atom. The van der Waals surface area contributed by atoms with Crippen molar-refractivity contribution in [3.8, 4) is 0 Å². The number of carbonyl (C=O) groups is 1. The monoisotopic (exact) mass is 168 g/mol. The van der Waals surface area contributed by atoms with Crippen LogP contribution in [0.2, 0.25) is 0 Å². The molecule has 0 aliphatic rings. The zero-order valence-corrected chi connectivity index (χ0v) is 7.42. The molecular weight excluding hydrogens is 156 g/mol. The zero-order chi connectivity index (χ0) is 9.35. The van der Waals surface area contributed by atoms with Gasteiger partial charge >= 0.3 is 0 Å². The topological polar surface area (TPSA) is 69.1 Å². The highest BCUT2D eigenvalue weighted by Crippen LogP contribution is 2.21. The summed E-state index contributed by atoms with van der Waals surface area (Å²) in [6, 6.07) is 1.57. The van der Waals surface area contributed by atoms with Gasteiger partial charge in [0.25, 0.3) is 5.91 Å². The number of primary amides is 1. The van der Waals surface area contributed by atoms with Crippen LogP contribution in [0.4, 0.5) is 0 Å². The van der Waals surface area contributed by atoms with Gasteiger partial charge in [0.05, 0.1) is 5.69 Å². The third kappa shape index (κ3) is 1.64. The molecule has 0 radical (unpaired) electrons. The molecule has 1 heterocycles. The number of hydrogen-bond acceptors (Lipinski definition) is 3. The summed E-state index contributed by atoms with van der Waals surface area (Å²) in [5.41, 5.74) is 5.62. The summed E-state index contributed by atoms with van der Waals surface area (Å²) in [5, 5.41) is 3.73. The molecule has 0 spiro atoms. The Hall–Kier alpha value is -1.32. The van der Waals surface area contributed by atoms with Crippen molar-refractivity contribution >= 4 is 5.91 Å². The van der Waals surface area contributed by atoms with E-state index in [1.54, 1.807) is 6.07 Å². The highest BCUT2D eigenvalue weighted by Gasteiger charge is 2.20. The number of aromatic nitrogens is 1. The van der Waals surface area contributed by atoms with E-state index in [4.69, 9.17) is 10.3 Å². The number of hydrogen-bond donors (Lipinski definition) is 1.